The van der Waals surface area contributed by atoms with E-state index in [4.69, 9.17) is 11.6 Å². The molecule has 6 heteroatoms. The number of hydrogen-bond acceptors (Lipinski definition) is 4. The molecule has 4 nitrogen and oxygen atoms in total. The molecular weight excluding hydrogens is 450 g/mol. The summed E-state index contributed by atoms with van der Waals surface area (Å²) in [6.07, 6.45) is 6.34. The molecule has 2 aromatic carbocycles. The lowest BCUT2D eigenvalue weighted by Gasteiger charge is -2.31. The Bertz CT molecular complexity index is 1260. The van der Waals surface area contributed by atoms with Crippen molar-refractivity contribution in [1.82, 2.24) is 4.98 Å². The second-order valence-corrected chi connectivity index (χ2v) is 9.46. The molecule has 1 unspecified atom stereocenters. The number of thiophene rings is 1. The lowest BCUT2D eigenvalue weighted by atomic mass is 10.0. The van der Waals surface area contributed by atoms with Gasteiger partial charge in [-0.3, -0.25) is 9.78 Å². The van der Waals surface area contributed by atoms with Crippen LogP contribution in [0.3, 0.4) is 0 Å². The van der Waals surface area contributed by atoms with E-state index >= 15 is 0 Å². The molecular formula is C27H26ClN3OS. The summed E-state index contributed by atoms with van der Waals surface area (Å²) in [5.41, 5.74) is 2.83. The Morgan fingerprint density at radius 3 is 2.52 bits per heavy atom. The van der Waals surface area contributed by atoms with Crippen LogP contribution in [-0.2, 0) is 11.2 Å². The van der Waals surface area contributed by atoms with Crippen molar-refractivity contribution in [2.45, 2.75) is 18.9 Å². The van der Waals surface area contributed by atoms with Gasteiger partial charge in [-0.25, -0.2) is 0 Å². The molecule has 0 fully saturated rings. The van der Waals surface area contributed by atoms with Crippen LogP contribution in [0.15, 0.2) is 85.0 Å². The maximum atomic E-state index is 13.9. The summed E-state index contributed by atoms with van der Waals surface area (Å²) in [4.78, 5) is 23.2. The third kappa shape index (κ3) is 5.10. The fourth-order valence-corrected chi connectivity index (χ4v) is 5.17. The molecule has 0 aliphatic rings. The third-order valence-corrected chi connectivity index (χ3v) is 7.00. The minimum Gasteiger partial charge on any atom is -0.378 e. The van der Waals surface area contributed by atoms with Crippen LogP contribution in [0.2, 0.25) is 5.02 Å². The van der Waals surface area contributed by atoms with E-state index in [1.54, 1.807) is 17.5 Å². The number of amides is 1. The molecule has 0 bridgehead atoms. The number of nitrogens with zero attached hydrogens (tertiary/aromatic N) is 3. The van der Waals surface area contributed by atoms with Crippen molar-refractivity contribution in [3.63, 3.8) is 0 Å². The topological polar surface area (TPSA) is 36.4 Å². The summed E-state index contributed by atoms with van der Waals surface area (Å²) in [7, 11) is 4.00. The number of hydrogen-bond donors (Lipinski definition) is 0. The van der Waals surface area contributed by atoms with Crippen molar-refractivity contribution in [2.24, 2.45) is 0 Å². The molecule has 2 heterocycles. The van der Waals surface area contributed by atoms with Gasteiger partial charge < -0.3 is 9.80 Å². The number of pyridine rings is 1. The minimum atomic E-state index is -0.194. The summed E-state index contributed by atoms with van der Waals surface area (Å²) in [6, 6.07) is 17.8. The highest BCUT2D eigenvalue weighted by molar-refractivity contribution is 7.10. The summed E-state index contributed by atoms with van der Waals surface area (Å²) in [5.74, 6) is 0.00197. The second-order valence-electron chi connectivity index (χ2n) is 8.08. The zero-order valence-electron chi connectivity index (χ0n) is 18.7. The Labute approximate surface area is 203 Å². The van der Waals surface area contributed by atoms with Crippen molar-refractivity contribution in [3.8, 4) is 0 Å². The highest BCUT2D eigenvalue weighted by Crippen LogP contribution is 2.36. The van der Waals surface area contributed by atoms with Gasteiger partial charge in [0, 0.05) is 53.5 Å². The molecule has 4 aromatic rings. The standard InChI is InChI=1S/C27H26ClN3OS/c1-4-7-25(26-15-21(28)18-33-26)31(23-12-10-22(11-13-23)30(2)3)27(32)14-20-17-29-16-19-8-5-6-9-24(19)20/h4-6,8-13,15-18,25H,1,7,14H2,2-3H3. The number of rotatable bonds is 8. The van der Waals surface area contributed by atoms with Crippen molar-refractivity contribution in [1.29, 1.82) is 0 Å². The lowest BCUT2D eigenvalue weighted by molar-refractivity contribution is -0.118. The van der Waals surface area contributed by atoms with Crippen LogP contribution < -0.4 is 9.80 Å². The Balaban J connectivity index is 1.76. The average molecular weight is 476 g/mol. The Hall–Kier alpha value is -3.15. The first kappa shape index (κ1) is 23.0. The molecule has 0 saturated carbocycles. The molecule has 0 aliphatic carbocycles. The Kier molecular flexibility index (Phi) is 7.11. The van der Waals surface area contributed by atoms with E-state index in [-0.39, 0.29) is 18.4 Å². The average Bonchev–Trinajstić information content (AvgIpc) is 3.25. The number of halogens is 1. The molecule has 1 atom stereocenters. The fourth-order valence-electron chi connectivity index (χ4n) is 3.99. The zero-order chi connectivity index (χ0) is 23.4. The molecule has 1 amide bonds. The van der Waals surface area contributed by atoms with Gasteiger partial charge in [0.15, 0.2) is 0 Å². The van der Waals surface area contributed by atoms with Crippen LogP contribution in [0.4, 0.5) is 11.4 Å². The van der Waals surface area contributed by atoms with Gasteiger partial charge >= 0.3 is 0 Å². The van der Waals surface area contributed by atoms with Gasteiger partial charge in [0.2, 0.25) is 5.91 Å². The van der Waals surface area contributed by atoms with E-state index in [1.165, 1.54) is 0 Å². The van der Waals surface area contributed by atoms with Gasteiger partial charge in [0.05, 0.1) is 17.5 Å². The maximum absolute atomic E-state index is 13.9. The van der Waals surface area contributed by atoms with E-state index in [9.17, 15) is 4.79 Å². The molecule has 168 valence electrons. The van der Waals surface area contributed by atoms with Crippen molar-refractivity contribution in [3.05, 3.63) is 100 Å². The predicted molar refractivity (Wildman–Crippen MR) is 141 cm³/mol. The highest BCUT2D eigenvalue weighted by atomic mass is 35.5. The quantitative estimate of drug-likeness (QED) is 0.260. The molecule has 2 aromatic heterocycles. The minimum absolute atomic E-state index is 0.00197. The Morgan fingerprint density at radius 2 is 1.85 bits per heavy atom. The van der Waals surface area contributed by atoms with Crippen LogP contribution in [0.25, 0.3) is 10.8 Å². The first-order valence-corrected chi connectivity index (χ1v) is 12.0. The van der Waals surface area contributed by atoms with Crippen LogP contribution in [0.5, 0.6) is 0 Å². The van der Waals surface area contributed by atoms with Gasteiger partial charge in [-0.05, 0) is 47.7 Å². The number of fused-ring (bicyclic) bond motifs is 1. The van der Waals surface area contributed by atoms with Crippen molar-refractivity contribution < 1.29 is 4.79 Å². The monoisotopic (exact) mass is 475 g/mol. The summed E-state index contributed by atoms with van der Waals surface area (Å²) < 4.78 is 0. The zero-order valence-corrected chi connectivity index (χ0v) is 20.3. The van der Waals surface area contributed by atoms with E-state index in [0.29, 0.717) is 11.4 Å². The molecule has 0 radical (unpaired) electrons. The van der Waals surface area contributed by atoms with E-state index in [0.717, 1.165) is 32.6 Å². The van der Waals surface area contributed by atoms with Gasteiger partial charge in [0.1, 0.15) is 0 Å². The number of anilines is 2. The number of carbonyl (C=O) groups excluding carboxylic acids is 1. The number of aromatic nitrogens is 1. The lowest BCUT2D eigenvalue weighted by Crippen LogP contribution is -2.35. The molecule has 0 aliphatic heterocycles. The van der Waals surface area contributed by atoms with Crippen LogP contribution in [-0.4, -0.2) is 25.0 Å². The third-order valence-electron chi connectivity index (χ3n) is 5.62. The van der Waals surface area contributed by atoms with Gasteiger partial charge in [-0.1, -0.05) is 41.9 Å². The normalized spacial score (nSPS) is 11.8. The largest absolute Gasteiger partial charge is 0.378 e. The first-order valence-electron chi connectivity index (χ1n) is 10.7. The van der Waals surface area contributed by atoms with Crippen LogP contribution in [0, 0.1) is 0 Å². The molecule has 4 rings (SSSR count). The van der Waals surface area contributed by atoms with Crippen LogP contribution in [0.1, 0.15) is 22.9 Å². The summed E-state index contributed by atoms with van der Waals surface area (Å²) in [5, 5.41) is 4.65. The van der Waals surface area contributed by atoms with Gasteiger partial charge in [0.25, 0.3) is 0 Å². The molecule has 0 N–H and O–H groups in total. The highest BCUT2D eigenvalue weighted by Gasteiger charge is 2.28. The second kappa shape index (κ2) is 10.2. The first-order chi connectivity index (χ1) is 16.0. The summed E-state index contributed by atoms with van der Waals surface area (Å²) >= 11 is 7.81. The van der Waals surface area contributed by atoms with Gasteiger partial charge in [-0.15, -0.1) is 17.9 Å². The Morgan fingerprint density at radius 1 is 1.12 bits per heavy atom. The molecule has 0 spiro atoms. The molecule has 0 saturated heterocycles. The van der Waals surface area contributed by atoms with Crippen LogP contribution >= 0.6 is 22.9 Å². The number of benzene rings is 2. The predicted octanol–water partition coefficient (Wildman–Crippen LogP) is 6.91. The SMILES string of the molecule is C=CCC(c1cc(Cl)cs1)N(C(=O)Cc1cncc2ccccc12)c1ccc(N(C)C)cc1. The molecule has 33 heavy (non-hydrogen) atoms. The van der Waals surface area contributed by atoms with E-state index < -0.39 is 0 Å². The van der Waals surface area contributed by atoms with E-state index in [2.05, 4.69) is 11.6 Å². The van der Waals surface area contributed by atoms with Crippen molar-refractivity contribution >= 4 is 51.0 Å². The summed E-state index contributed by atoms with van der Waals surface area (Å²) in [6.45, 7) is 3.95. The fraction of sp³-hybridized carbons (Fsp3) is 0.185. The van der Waals surface area contributed by atoms with Gasteiger partial charge in [-0.2, -0.15) is 0 Å². The smallest absolute Gasteiger partial charge is 0.232 e. The van der Waals surface area contributed by atoms with E-state index in [1.807, 2.05) is 96.1 Å². The number of carbonyl (C=O) groups is 1. The maximum Gasteiger partial charge on any atom is 0.232 e. The van der Waals surface area contributed by atoms with Crippen molar-refractivity contribution in [2.75, 3.05) is 23.9 Å².